The summed E-state index contributed by atoms with van der Waals surface area (Å²) in [7, 11) is 0. The van der Waals surface area contributed by atoms with Crippen LogP contribution in [0, 0.1) is 0 Å². The standard InChI is InChI=1S/C12H13N3O2S/c1-8(14-15-12(13)18)2-3-9-4-5-10-11(6-9)17-7-16-10/h2-6H,7H2,1H3,(H3,13,15,18)/b3-2+,14-8-. The zero-order chi connectivity index (χ0) is 13.0. The molecule has 0 bridgehead atoms. The highest BCUT2D eigenvalue weighted by atomic mass is 32.1. The number of thiocarbonyl (C=S) groups is 1. The third kappa shape index (κ3) is 3.21. The third-order valence-corrected chi connectivity index (χ3v) is 2.35. The maximum absolute atomic E-state index is 5.29. The van der Waals surface area contributed by atoms with Crippen molar-refractivity contribution in [1.29, 1.82) is 0 Å². The Labute approximate surface area is 110 Å². The third-order valence-electron chi connectivity index (χ3n) is 2.26. The monoisotopic (exact) mass is 263 g/mol. The van der Waals surface area contributed by atoms with E-state index < -0.39 is 0 Å². The Morgan fingerprint density at radius 1 is 1.44 bits per heavy atom. The molecule has 1 heterocycles. The summed E-state index contributed by atoms with van der Waals surface area (Å²) in [5.41, 5.74) is 9.56. The van der Waals surface area contributed by atoms with Crippen molar-refractivity contribution in [3.8, 4) is 11.5 Å². The number of rotatable bonds is 3. The minimum atomic E-state index is 0.144. The van der Waals surface area contributed by atoms with Gasteiger partial charge in [-0.25, -0.2) is 0 Å². The van der Waals surface area contributed by atoms with Crippen molar-refractivity contribution in [2.24, 2.45) is 10.8 Å². The zero-order valence-corrected chi connectivity index (χ0v) is 10.7. The highest BCUT2D eigenvalue weighted by Gasteiger charge is 2.11. The lowest BCUT2D eigenvalue weighted by Gasteiger charge is -1.98. The van der Waals surface area contributed by atoms with E-state index in [1.54, 1.807) is 0 Å². The Balaban J connectivity index is 2.05. The fourth-order valence-electron chi connectivity index (χ4n) is 1.41. The zero-order valence-electron chi connectivity index (χ0n) is 9.84. The first kappa shape index (κ1) is 12.4. The first-order chi connectivity index (χ1) is 8.65. The second kappa shape index (κ2) is 5.50. The van der Waals surface area contributed by atoms with Crippen molar-refractivity contribution in [2.75, 3.05) is 6.79 Å². The maximum Gasteiger partial charge on any atom is 0.231 e. The van der Waals surface area contributed by atoms with Crippen LogP contribution < -0.4 is 20.6 Å². The summed E-state index contributed by atoms with van der Waals surface area (Å²) in [5, 5.41) is 4.11. The number of allylic oxidation sites excluding steroid dienone is 1. The van der Waals surface area contributed by atoms with Crippen molar-refractivity contribution in [3.63, 3.8) is 0 Å². The second-order valence-electron chi connectivity index (χ2n) is 3.68. The van der Waals surface area contributed by atoms with Gasteiger partial charge in [-0.15, -0.1) is 0 Å². The van der Waals surface area contributed by atoms with E-state index in [0.717, 1.165) is 22.8 Å². The van der Waals surface area contributed by atoms with Crippen LogP contribution in [0.2, 0.25) is 0 Å². The number of hydrogen-bond donors (Lipinski definition) is 2. The average Bonchev–Trinajstić information content (AvgIpc) is 2.81. The molecule has 0 spiro atoms. The lowest BCUT2D eigenvalue weighted by molar-refractivity contribution is 0.174. The van der Waals surface area contributed by atoms with Gasteiger partial charge in [0.2, 0.25) is 6.79 Å². The number of nitrogens with zero attached hydrogens (tertiary/aromatic N) is 1. The number of fused-ring (bicyclic) bond motifs is 1. The van der Waals surface area contributed by atoms with Gasteiger partial charge in [0.05, 0.1) is 5.71 Å². The van der Waals surface area contributed by atoms with Crippen LogP contribution in [0.5, 0.6) is 11.5 Å². The first-order valence-electron chi connectivity index (χ1n) is 5.32. The smallest absolute Gasteiger partial charge is 0.231 e. The Bertz CT molecular complexity index is 526. The molecule has 94 valence electrons. The Hall–Kier alpha value is -2.08. The summed E-state index contributed by atoms with van der Waals surface area (Å²) in [6.45, 7) is 2.12. The summed E-state index contributed by atoms with van der Waals surface area (Å²) in [4.78, 5) is 0. The fraction of sp³-hybridized carbons (Fsp3) is 0.167. The Morgan fingerprint density at radius 3 is 3.00 bits per heavy atom. The molecule has 0 saturated heterocycles. The summed E-state index contributed by atoms with van der Waals surface area (Å²) < 4.78 is 10.5. The van der Waals surface area contributed by atoms with Crippen LogP contribution in [0.1, 0.15) is 12.5 Å². The number of ether oxygens (including phenoxy) is 2. The van der Waals surface area contributed by atoms with Gasteiger partial charge in [0.1, 0.15) is 0 Å². The van der Waals surface area contributed by atoms with Crippen molar-refractivity contribution in [2.45, 2.75) is 6.92 Å². The molecule has 0 amide bonds. The highest BCUT2D eigenvalue weighted by Crippen LogP contribution is 2.32. The summed E-state index contributed by atoms with van der Waals surface area (Å²) in [6.07, 6.45) is 3.77. The van der Waals surface area contributed by atoms with Gasteiger partial charge in [0.15, 0.2) is 16.6 Å². The summed E-state index contributed by atoms with van der Waals surface area (Å²) in [5.74, 6) is 1.53. The van der Waals surface area contributed by atoms with E-state index >= 15 is 0 Å². The normalized spacial score (nSPS) is 13.9. The molecule has 6 heteroatoms. The SMILES string of the molecule is CC(/C=C/c1ccc2c(c1)OCO2)=N/NC(N)=S. The van der Waals surface area contributed by atoms with E-state index in [-0.39, 0.29) is 11.9 Å². The van der Waals surface area contributed by atoms with Crippen LogP contribution in [0.4, 0.5) is 0 Å². The number of nitrogens with two attached hydrogens (primary N) is 1. The van der Waals surface area contributed by atoms with E-state index in [4.69, 9.17) is 15.2 Å². The topological polar surface area (TPSA) is 68.9 Å². The predicted molar refractivity (Wildman–Crippen MR) is 74.6 cm³/mol. The molecule has 1 aromatic rings. The number of hydrogen-bond acceptors (Lipinski definition) is 4. The molecule has 1 aliphatic rings. The van der Waals surface area contributed by atoms with E-state index in [0.29, 0.717) is 0 Å². The van der Waals surface area contributed by atoms with Gasteiger partial charge in [0.25, 0.3) is 0 Å². The fourth-order valence-corrected chi connectivity index (χ4v) is 1.46. The van der Waals surface area contributed by atoms with Gasteiger partial charge in [-0.3, -0.25) is 5.43 Å². The largest absolute Gasteiger partial charge is 0.454 e. The highest BCUT2D eigenvalue weighted by molar-refractivity contribution is 7.80. The Morgan fingerprint density at radius 2 is 2.22 bits per heavy atom. The molecule has 3 N–H and O–H groups in total. The molecule has 5 nitrogen and oxygen atoms in total. The van der Waals surface area contributed by atoms with Gasteiger partial charge >= 0.3 is 0 Å². The molecule has 0 aromatic heterocycles. The minimum Gasteiger partial charge on any atom is -0.454 e. The molecule has 0 aliphatic carbocycles. The quantitative estimate of drug-likeness (QED) is 0.493. The van der Waals surface area contributed by atoms with E-state index in [2.05, 4.69) is 22.7 Å². The number of hydrazone groups is 1. The number of benzene rings is 1. The van der Waals surface area contributed by atoms with Crippen LogP contribution in [-0.4, -0.2) is 17.6 Å². The Kier molecular flexibility index (Phi) is 3.78. The molecule has 0 radical (unpaired) electrons. The van der Waals surface area contributed by atoms with Gasteiger partial charge in [0, 0.05) is 0 Å². The van der Waals surface area contributed by atoms with Crippen LogP contribution in [-0.2, 0) is 0 Å². The minimum absolute atomic E-state index is 0.144. The second-order valence-corrected chi connectivity index (χ2v) is 4.12. The maximum atomic E-state index is 5.29. The van der Waals surface area contributed by atoms with Gasteiger partial charge in [-0.1, -0.05) is 12.1 Å². The van der Waals surface area contributed by atoms with Crippen LogP contribution >= 0.6 is 12.2 Å². The molecule has 18 heavy (non-hydrogen) atoms. The molecular weight excluding hydrogens is 250 g/mol. The van der Waals surface area contributed by atoms with E-state index in [9.17, 15) is 0 Å². The van der Waals surface area contributed by atoms with Gasteiger partial charge in [-0.05, 0) is 42.9 Å². The molecule has 0 atom stereocenters. The predicted octanol–water partition coefficient (Wildman–Crippen LogP) is 1.64. The van der Waals surface area contributed by atoms with E-state index in [1.165, 1.54) is 0 Å². The van der Waals surface area contributed by atoms with Crippen molar-refractivity contribution < 1.29 is 9.47 Å². The lowest BCUT2D eigenvalue weighted by atomic mass is 10.2. The number of nitrogens with one attached hydrogen (secondary N) is 1. The lowest BCUT2D eigenvalue weighted by Crippen LogP contribution is -2.24. The molecule has 0 saturated carbocycles. The van der Waals surface area contributed by atoms with Crippen LogP contribution in [0.3, 0.4) is 0 Å². The molecule has 1 aromatic carbocycles. The molecular formula is C12H13N3O2S. The molecule has 1 aliphatic heterocycles. The van der Waals surface area contributed by atoms with Gasteiger partial charge in [-0.2, -0.15) is 5.10 Å². The summed E-state index contributed by atoms with van der Waals surface area (Å²) in [6, 6.07) is 5.73. The summed E-state index contributed by atoms with van der Waals surface area (Å²) >= 11 is 4.65. The molecule has 0 fully saturated rings. The average molecular weight is 263 g/mol. The van der Waals surface area contributed by atoms with Crippen molar-refractivity contribution in [3.05, 3.63) is 29.8 Å². The van der Waals surface area contributed by atoms with Crippen LogP contribution in [0.25, 0.3) is 6.08 Å². The molecule has 0 unspecified atom stereocenters. The van der Waals surface area contributed by atoms with Crippen molar-refractivity contribution >= 4 is 29.1 Å². The van der Waals surface area contributed by atoms with Crippen LogP contribution in [0.15, 0.2) is 29.4 Å². The van der Waals surface area contributed by atoms with Crippen molar-refractivity contribution in [1.82, 2.24) is 5.43 Å². The van der Waals surface area contributed by atoms with E-state index in [1.807, 2.05) is 37.3 Å². The molecule has 2 rings (SSSR count). The van der Waals surface area contributed by atoms with Gasteiger partial charge < -0.3 is 15.2 Å². The first-order valence-corrected chi connectivity index (χ1v) is 5.73.